The van der Waals surface area contributed by atoms with Crippen LogP contribution in [0.3, 0.4) is 0 Å². The second kappa shape index (κ2) is 13.4. The highest BCUT2D eigenvalue weighted by Crippen LogP contribution is 2.29. The van der Waals surface area contributed by atoms with Gasteiger partial charge >= 0.3 is 0 Å². The van der Waals surface area contributed by atoms with Gasteiger partial charge in [-0.05, 0) is 60.3 Å². The average Bonchev–Trinajstić information content (AvgIpc) is 3.45. The number of benzene rings is 2. The Morgan fingerprint density at radius 3 is 2.73 bits per heavy atom. The van der Waals surface area contributed by atoms with E-state index in [2.05, 4.69) is 32.7 Å². The molecule has 3 atom stereocenters. The number of hydrogen-bond acceptors (Lipinski definition) is 9. The first kappa shape index (κ1) is 29.0. The number of methoxy groups -OCH3 is 1. The zero-order valence-electron chi connectivity index (χ0n) is 23.4. The predicted molar refractivity (Wildman–Crippen MR) is 148 cm³/mol. The van der Waals surface area contributed by atoms with Crippen LogP contribution in [0.4, 0.5) is 5.69 Å². The Balaban J connectivity index is 1.55. The van der Waals surface area contributed by atoms with Crippen molar-refractivity contribution in [2.45, 2.75) is 45.5 Å². The number of ether oxygens (including phenoxy) is 2. The number of aromatic nitrogens is 4. The van der Waals surface area contributed by atoms with Crippen molar-refractivity contribution in [3.05, 3.63) is 59.9 Å². The molecule has 2 aromatic carbocycles. The van der Waals surface area contributed by atoms with E-state index in [1.165, 1.54) is 11.0 Å². The molecule has 214 valence electrons. The van der Waals surface area contributed by atoms with E-state index in [-0.39, 0.29) is 49.5 Å². The first-order chi connectivity index (χ1) is 19.2. The molecule has 12 nitrogen and oxygen atoms in total. The quantitative estimate of drug-likeness (QED) is 0.385. The van der Waals surface area contributed by atoms with E-state index in [1.54, 1.807) is 30.2 Å². The lowest BCUT2D eigenvalue weighted by Crippen LogP contribution is -2.47. The number of likely N-dealkylation sites (N-methyl/N-ethyl adjacent to an activating group) is 1. The maximum Gasteiger partial charge on any atom is 0.246 e. The third-order valence-electron chi connectivity index (χ3n) is 7.00. The number of nitrogens with one attached hydrogen (secondary N) is 1. The number of carbonyl (C=O) groups is 2. The number of carbonyl (C=O) groups excluding carboxylic acids is 2. The summed E-state index contributed by atoms with van der Waals surface area (Å²) in [6.07, 6.45) is 1.21. The summed E-state index contributed by atoms with van der Waals surface area (Å²) in [7, 11) is 3.69. The maximum absolute atomic E-state index is 13.4. The standard InChI is InChI=1S/C28H37N7O5/c1-19-13-35(20(2)17-36)28(38)12-22-11-23(30-27(37)16-34-18-29-31-32-34)7-10-25(22)40-26(19)15-33(3)14-21-5-8-24(39-4)9-6-21/h5-11,18-20,26,36H,12-17H2,1-4H3,(H,30,37)/t19-,20-,26-/m1/s1. The molecule has 1 aromatic heterocycles. The molecule has 12 heteroatoms. The first-order valence-electron chi connectivity index (χ1n) is 13.3. The average molecular weight is 552 g/mol. The van der Waals surface area contributed by atoms with E-state index < -0.39 is 0 Å². The number of aliphatic hydroxyl groups is 1. The number of aliphatic hydroxyl groups excluding tert-OH is 1. The number of fused-ring (bicyclic) bond motifs is 1. The van der Waals surface area contributed by atoms with Crippen molar-refractivity contribution in [2.75, 3.05) is 39.2 Å². The third-order valence-corrected chi connectivity index (χ3v) is 7.00. The van der Waals surface area contributed by atoms with Crippen molar-refractivity contribution in [1.29, 1.82) is 0 Å². The minimum Gasteiger partial charge on any atom is -0.497 e. The van der Waals surface area contributed by atoms with Crippen LogP contribution in [0.5, 0.6) is 11.5 Å². The van der Waals surface area contributed by atoms with E-state index >= 15 is 0 Å². The lowest BCUT2D eigenvalue weighted by atomic mass is 10.0. The van der Waals surface area contributed by atoms with E-state index in [0.717, 1.165) is 11.3 Å². The number of anilines is 1. The normalized spacial score (nSPS) is 18.2. The second-order valence-corrected chi connectivity index (χ2v) is 10.3. The molecule has 0 saturated heterocycles. The van der Waals surface area contributed by atoms with Crippen LogP contribution in [-0.4, -0.2) is 92.9 Å². The van der Waals surface area contributed by atoms with Crippen LogP contribution in [0, 0.1) is 5.92 Å². The fourth-order valence-corrected chi connectivity index (χ4v) is 4.74. The van der Waals surface area contributed by atoms with Gasteiger partial charge in [-0.3, -0.25) is 14.5 Å². The number of tetrazole rings is 1. The second-order valence-electron chi connectivity index (χ2n) is 10.3. The topological polar surface area (TPSA) is 135 Å². The van der Waals surface area contributed by atoms with Gasteiger partial charge in [-0.25, -0.2) is 4.68 Å². The lowest BCUT2D eigenvalue weighted by Gasteiger charge is -2.34. The minimum absolute atomic E-state index is 0.0158. The number of hydrogen-bond donors (Lipinski definition) is 2. The third kappa shape index (κ3) is 7.54. The number of amides is 2. The molecule has 2 N–H and O–H groups in total. The fourth-order valence-electron chi connectivity index (χ4n) is 4.74. The van der Waals surface area contributed by atoms with Crippen LogP contribution in [0.15, 0.2) is 48.8 Å². The van der Waals surface area contributed by atoms with Crippen LogP contribution in [0.1, 0.15) is 25.0 Å². The van der Waals surface area contributed by atoms with E-state index in [1.807, 2.05) is 38.2 Å². The summed E-state index contributed by atoms with van der Waals surface area (Å²) >= 11 is 0. The number of rotatable bonds is 10. The molecule has 0 saturated carbocycles. The Kier molecular flexibility index (Phi) is 9.67. The monoisotopic (exact) mass is 551 g/mol. The minimum atomic E-state index is -0.339. The van der Waals surface area contributed by atoms with Crippen LogP contribution < -0.4 is 14.8 Å². The van der Waals surface area contributed by atoms with Gasteiger partial charge in [-0.2, -0.15) is 0 Å². The Hall–Kier alpha value is -4.03. The molecule has 3 aromatic rings. The van der Waals surface area contributed by atoms with Gasteiger partial charge < -0.3 is 24.8 Å². The summed E-state index contributed by atoms with van der Waals surface area (Å²) < 4.78 is 13.2. The largest absolute Gasteiger partial charge is 0.497 e. The van der Waals surface area contributed by atoms with Crippen LogP contribution in [0.25, 0.3) is 0 Å². The SMILES string of the molecule is COc1ccc(CN(C)C[C@H]2Oc3ccc(NC(=O)Cn4cnnn4)cc3CC(=O)N([C@H](C)CO)C[C@H]2C)cc1. The molecule has 0 spiro atoms. The molecule has 4 rings (SSSR count). The molecule has 1 aliphatic rings. The summed E-state index contributed by atoms with van der Waals surface area (Å²) in [5, 5.41) is 23.5. The molecule has 0 bridgehead atoms. The van der Waals surface area contributed by atoms with Crippen LogP contribution >= 0.6 is 0 Å². The van der Waals surface area contributed by atoms with Crippen LogP contribution in [-0.2, 0) is 29.1 Å². The Morgan fingerprint density at radius 1 is 1.27 bits per heavy atom. The summed E-state index contributed by atoms with van der Waals surface area (Å²) in [6.45, 7) is 5.51. The van der Waals surface area contributed by atoms with Gasteiger partial charge in [0.25, 0.3) is 0 Å². The number of nitrogens with zero attached hydrogens (tertiary/aromatic N) is 6. The molecule has 40 heavy (non-hydrogen) atoms. The van der Waals surface area contributed by atoms with Gasteiger partial charge in [0, 0.05) is 36.8 Å². The molecule has 1 aliphatic heterocycles. The van der Waals surface area contributed by atoms with Crippen molar-refractivity contribution < 1.29 is 24.2 Å². The van der Waals surface area contributed by atoms with Crippen LogP contribution in [0.2, 0.25) is 0 Å². The van der Waals surface area contributed by atoms with Crippen molar-refractivity contribution in [3.8, 4) is 11.5 Å². The summed E-state index contributed by atoms with van der Waals surface area (Å²) in [5.74, 6) is 0.982. The molecule has 0 aliphatic carbocycles. The maximum atomic E-state index is 13.4. The van der Waals surface area contributed by atoms with Crippen molar-refractivity contribution in [3.63, 3.8) is 0 Å². The van der Waals surface area contributed by atoms with Gasteiger partial charge in [0.1, 0.15) is 30.5 Å². The lowest BCUT2D eigenvalue weighted by molar-refractivity contribution is -0.134. The molecular formula is C28H37N7O5. The highest BCUT2D eigenvalue weighted by atomic mass is 16.5. The molecule has 0 radical (unpaired) electrons. The van der Waals surface area contributed by atoms with E-state index in [9.17, 15) is 14.7 Å². The van der Waals surface area contributed by atoms with Gasteiger partial charge in [-0.1, -0.05) is 19.1 Å². The van der Waals surface area contributed by atoms with Crippen molar-refractivity contribution in [2.24, 2.45) is 5.92 Å². The summed E-state index contributed by atoms with van der Waals surface area (Å²) in [4.78, 5) is 29.8. The predicted octanol–water partition coefficient (Wildman–Crippen LogP) is 1.60. The van der Waals surface area contributed by atoms with Gasteiger partial charge in [0.15, 0.2) is 0 Å². The molecular weight excluding hydrogens is 514 g/mol. The summed E-state index contributed by atoms with van der Waals surface area (Å²) in [6, 6.07) is 12.9. The molecule has 2 amide bonds. The van der Waals surface area contributed by atoms with Crippen molar-refractivity contribution in [1.82, 2.24) is 30.0 Å². The summed E-state index contributed by atoms with van der Waals surface area (Å²) in [5.41, 5.74) is 2.35. The highest BCUT2D eigenvalue weighted by Gasteiger charge is 2.31. The molecule has 0 unspecified atom stereocenters. The highest BCUT2D eigenvalue weighted by molar-refractivity contribution is 5.91. The van der Waals surface area contributed by atoms with Gasteiger partial charge in [0.2, 0.25) is 11.8 Å². The zero-order chi connectivity index (χ0) is 28.6. The molecule has 0 fully saturated rings. The Morgan fingerprint density at radius 2 is 2.05 bits per heavy atom. The van der Waals surface area contributed by atoms with Gasteiger partial charge in [0.05, 0.1) is 26.2 Å². The Bertz CT molecular complexity index is 1270. The first-order valence-corrected chi connectivity index (χ1v) is 13.3. The van der Waals surface area contributed by atoms with E-state index in [0.29, 0.717) is 36.6 Å². The fraction of sp³-hybridized carbons (Fsp3) is 0.464. The smallest absolute Gasteiger partial charge is 0.246 e. The van der Waals surface area contributed by atoms with E-state index in [4.69, 9.17) is 9.47 Å². The zero-order valence-corrected chi connectivity index (χ0v) is 23.4. The van der Waals surface area contributed by atoms with Gasteiger partial charge in [-0.15, -0.1) is 5.10 Å². The Labute approximate surface area is 233 Å². The molecule has 2 heterocycles. The van der Waals surface area contributed by atoms with Crippen molar-refractivity contribution >= 4 is 17.5 Å².